The normalized spacial score (nSPS) is 11.3. The number of rotatable bonds is 15. The molecular formula is C111H92N6. The summed E-state index contributed by atoms with van der Waals surface area (Å²) in [6.45, 7) is 12.8. The summed E-state index contributed by atoms with van der Waals surface area (Å²) in [6, 6.07) is 143. The predicted octanol–water partition coefficient (Wildman–Crippen LogP) is 31.3. The second kappa shape index (κ2) is 31.8. The summed E-state index contributed by atoms with van der Waals surface area (Å²) < 4.78 is 0. The molecule has 0 saturated heterocycles. The van der Waals surface area contributed by atoms with Crippen molar-refractivity contribution in [3.05, 3.63) is 428 Å². The van der Waals surface area contributed by atoms with Crippen LogP contribution < -0.4 is 29.4 Å². The Morgan fingerprint density at radius 2 is 0.419 bits per heavy atom. The van der Waals surface area contributed by atoms with E-state index in [2.05, 4.69) is 486 Å². The quantitative estimate of drug-likeness (QED) is 0.0747. The minimum atomic E-state index is 1.13. The average Bonchev–Trinajstić information content (AvgIpc) is 0.716. The molecule has 0 aliphatic rings. The van der Waals surface area contributed by atoms with E-state index in [4.69, 9.17) is 0 Å². The molecule has 6 nitrogen and oxygen atoms in total. The lowest BCUT2D eigenvalue weighted by molar-refractivity contribution is 1.20. The zero-order valence-corrected chi connectivity index (χ0v) is 67.7. The number of aryl methyl sites for hydroxylation is 6. The smallest absolute Gasteiger partial charge is 0.0494 e. The first-order valence-electron chi connectivity index (χ1n) is 40.4. The van der Waals surface area contributed by atoms with Crippen molar-refractivity contribution in [2.24, 2.45) is 0 Å². The first kappa shape index (κ1) is 74.0. The summed E-state index contributed by atoms with van der Waals surface area (Å²) in [6.07, 6.45) is 0. The van der Waals surface area contributed by atoms with Gasteiger partial charge in [-0.2, -0.15) is 0 Å². The number of nitrogens with zero attached hydrogens (tertiary/aromatic N) is 6. The summed E-state index contributed by atoms with van der Waals surface area (Å²) in [5, 5.41) is 20.7. The average molecular weight is 1510 g/mol. The molecule has 0 bridgehead atoms. The van der Waals surface area contributed by atoms with Crippen molar-refractivity contribution >= 4 is 171 Å². The first-order valence-corrected chi connectivity index (χ1v) is 40.4. The zero-order chi connectivity index (χ0) is 79.8. The molecule has 0 aromatic heterocycles. The molecule has 0 aliphatic heterocycles. The van der Waals surface area contributed by atoms with Gasteiger partial charge in [-0.1, -0.05) is 246 Å². The number of anilines is 15. The Kier molecular flexibility index (Phi) is 20.1. The second-order valence-corrected chi connectivity index (χ2v) is 31.2. The van der Waals surface area contributed by atoms with Crippen LogP contribution in [0.5, 0.6) is 0 Å². The Morgan fingerprint density at radius 1 is 0.145 bits per heavy atom. The molecule has 566 valence electrons. The lowest BCUT2D eigenvalue weighted by atomic mass is 9.89. The molecule has 0 amide bonds. The van der Waals surface area contributed by atoms with Crippen LogP contribution in [-0.2, 0) is 0 Å². The summed E-state index contributed by atoms with van der Waals surface area (Å²) in [5.41, 5.74) is 24.9. The van der Waals surface area contributed by atoms with Crippen LogP contribution in [0.25, 0.3) is 86.2 Å². The Morgan fingerprint density at radius 3 is 0.838 bits per heavy atom. The van der Waals surface area contributed by atoms with Crippen molar-refractivity contribution in [2.45, 2.75) is 41.5 Å². The summed E-state index contributed by atoms with van der Waals surface area (Å²) in [7, 11) is 6.46. The lowest BCUT2D eigenvalue weighted by Gasteiger charge is -2.27. The molecule has 6 heteroatoms. The Balaban J connectivity index is 0.000000122. The van der Waals surface area contributed by atoms with E-state index in [1.807, 2.05) is 0 Å². The van der Waals surface area contributed by atoms with Crippen LogP contribution in [-0.4, -0.2) is 21.1 Å². The second-order valence-electron chi connectivity index (χ2n) is 31.2. The minimum Gasteiger partial charge on any atom is -0.345 e. The van der Waals surface area contributed by atoms with E-state index in [9.17, 15) is 0 Å². The molecule has 0 spiro atoms. The van der Waals surface area contributed by atoms with Gasteiger partial charge in [-0.25, -0.2) is 0 Å². The molecule has 20 rings (SSSR count). The fourth-order valence-corrected chi connectivity index (χ4v) is 16.8. The molecule has 0 aliphatic carbocycles. The van der Waals surface area contributed by atoms with Gasteiger partial charge in [0.05, 0.1) is 0 Å². The van der Waals surface area contributed by atoms with Gasteiger partial charge in [0, 0.05) is 117 Å². The predicted molar refractivity (Wildman–Crippen MR) is 507 cm³/mol. The van der Waals surface area contributed by atoms with Crippen LogP contribution in [0.3, 0.4) is 0 Å². The Bertz CT molecular complexity index is 6760. The molecule has 117 heavy (non-hydrogen) atoms. The van der Waals surface area contributed by atoms with Crippen molar-refractivity contribution < 1.29 is 0 Å². The van der Waals surface area contributed by atoms with Gasteiger partial charge in [0.2, 0.25) is 0 Å². The van der Waals surface area contributed by atoms with Gasteiger partial charge in [0.1, 0.15) is 0 Å². The molecular weight excluding hydrogens is 1420 g/mol. The molecule has 0 saturated carbocycles. The molecule has 0 fully saturated rings. The Hall–Kier alpha value is -14.5. The highest BCUT2D eigenvalue weighted by atomic mass is 15.2. The van der Waals surface area contributed by atoms with Crippen LogP contribution in [0.15, 0.2) is 394 Å². The van der Waals surface area contributed by atoms with E-state index in [1.54, 1.807) is 0 Å². The van der Waals surface area contributed by atoms with Crippen molar-refractivity contribution in [3.8, 4) is 0 Å². The fourth-order valence-electron chi connectivity index (χ4n) is 16.8. The van der Waals surface area contributed by atoms with E-state index >= 15 is 0 Å². The van der Waals surface area contributed by atoms with Gasteiger partial charge in [-0.15, -0.1) is 0 Å². The van der Waals surface area contributed by atoms with Gasteiger partial charge in [0.25, 0.3) is 0 Å². The zero-order valence-electron chi connectivity index (χ0n) is 67.7. The topological polar surface area (TPSA) is 19.4 Å². The highest BCUT2D eigenvalue weighted by molar-refractivity contribution is 6.34. The van der Waals surface area contributed by atoms with Crippen molar-refractivity contribution in [2.75, 3.05) is 50.5 Å². The maximum atomic E-state index is 2.32. The fraction of sp³-hybridized carbons (Fsp3) is 0.0811. The summed E-state index contributed by atoms with van der Waals surface area (Å²) >= 11 is 0. The van der Waals surface area contributed by atoms with Crippen LogP contribution >= 0.6 is 0 Å². The molecule has 20 aromatic carbocycles. The van der Waals surface area contributed by atoms with Crippen molar-refractivity contribution in [1.82, 2.24) is 0 Å². The first-order chi connectivity index (χ1) is 57.2. The highest BCUT2D eigenvalue weighted by Crippen LogP contribution is 2.47. The standard InChI is InChI=1S/C41H32N2.2C35H30N2/c1-27-13-17-31(18-14-27)43(32-19-15-28(2)16-20-32)33-23-21-30(22-24-33)42(3)39-26-25-37-35-10-5-8-29-7-4-9-34(40(29)35)36-11-6-12-38(39)41(36)37;1-25-12-16-29(17-13-25)37(30-18-14-26(2)15-19-30)31-22-20-28(21-23-31)36(3)35-24-27-8-4-5-9-32(27)33-10-6-7-11-34(33)35;1-25-8-13-32(14-9-25)37(33-15-10-26(2)11-16-33)34-20-18-31(19-21-34)36(3)35-17-12-29-22-27-6-4-5-7-28(27)23-30(29)24-35/h4-26H,1-3H3;2*4-24H,1-3H3. The molecule has 0 N–H and O–H groups in total. The molecule has 20 aromatic rings. The molecule has 0 atom stereocenters. The van der Waals surface area contributed by atoms with Crippen molar-refractivity contribution in [1.29, 1.82) is 0 Å². The SMILES string of the molecule is Cc1ccc(N(c2ccc(C)cc2)c2ccc(N(C)c3cc4ccccc4c4ccccc34)cc2)cc1.Cc1ccc(N(c2ccc(C)cc2)c2ccc(N(C)c3ccc4c5cccc6cccc(c7cccc3c74)c65)cc2)cc1.Cc1ccc(N(c2ccc(C)cc2)c2ccc(N(C)c3ccc4cc5ccccc5cc4c3)cc2)cc1. The van der Waals surface area contributed by atoms with E-state index in [0.29, 0.717) is 0 Å². The van der Waals surface area contributed by atoms with Gasteiger partial charge in [0.15, 0.2) is 0 Å². The van der Waals surface area contributed by atoms with E-state index in [-0.39, 0.29) is 0 Å². The minimum absolute atomic E-state index is 1.13. The van der Waals surface area contributed by atoms with Crippen LogP contribution in [0, 0.1) is 41.5 Å². The van der Waals surface area contributed by atoms with Crippen LogP contribution in [0.2, 0.25) is 0 Å². The maximum absolute atomic E-state index is 2.32. The number of fused-ring (bicyclic) bond motifs is 7. The molecule has 0 radical (unpaired) electrons. The lowest BCUT2D eigenvalue weighted by Crippen LogP contribution is -2.12. The highest BCUT2D eigenvalue weighted by Gasteiger charge is 2.22. The van der Waals surface area contributed by atoms with Crippen molar-refractivity contribution in [3.63, 3.8) is 0 Å². The number of hydrogen-bond donors (Lipinski definition) is 0. The monoisotopic (exact) mass is 1510 g/mol. The van der Waals surface area contributed by atoms with E-state index < -0.39 is 0 Å². The van der Waals surface area contributed by atoms with Crippen LogP contribution in [0.4, 0.5) is 85.3 Å². The van der Waals surface area contributed by atoms with Gasteiger partial charge in [-0.3, -0.25) is 0 Å². The number of benzene rings is 20. The summed E-state index contributed by atoms with van der Waals surface area (Å²) in [4.78, 5) is 13.8. The van der Waals surface area contributed by atoms with Crippen LogP contribution in [0.1, 0.15) is 33.4 Å². The third-order valence-corrected chi connectivity index (χ3v) is 23.3. The largest absolute Gasteiger partial charge is 0.345 e. The van der Waals surface area contributed by atoms with E-state index in [0.717, 1.165) is 68.2 Å². The number of hydrogen-bond acceptors (Lipinski definition) is 6. The summed E-state index contributed by atoms with van der Waals surface area (Å²) in [5.74, 6) is 0. The molecule has 0 heterocycles. The third kappa shape index (κ3) is 14.8. The van der Waals surface area contributed by atoms with E-state index in [1.165, 1.54) is 137 Å². The van der Waals surface area contributed by atoms with Gasteiger partial charge < -0.3 is 29.4 Å². The molecule has 0 unspecified atom stereocenters. The van der Waals surface area contributed by atoms with Gasteiger partial charge >= 0.3 is 0 Å². The third-order valence-electron chi connectivity index (χ3n) is 23.3. The van der Waals surface area contributed by atoms with Gasteiger partial charge in [-0.05, 0) is 299 Å². The maximum Gasteiger partial charge on any atom is 0.0494 e. The Labute approximate surface area is 686 Å².